The topological polar surface area (TPSA) is 0 Å². The molecule has 0 amide bonds. The Balaban J connectivity index is 1.07. The first kappa shape index (κ1) is 28.2. The van der Waals surface area contributed by atoms with Gasteiger partial charge in [-0.05, 0) is 85.2 Å². The first-order valence-electron chi connectivity index (χ1n) is 16.8. The molecule has 3 aliphatic rings. The average molecular weight is 493 g/mol. The molecule has 0 bridgehead atoms. The van der Waals surface area contributed by atoms with Gasteiger partial charge in [-0.15, -0.1) is 0 Å². The second-order valence-corrected chi connectivity index (χ2v) is 13.6. The van der Waals surface area contributed by atoms with Crippen molar-refractivity contribution in [2.75, 3.05) is 0 Å². The van der Waals surface area contributed by atoms with Crippen LogP contribution in [0.25, 0.3) is 0 Å². The lowest BCUT2D eigenvalue weighted by molar-refractivity contribution is 0.209. The predicted molar refractivity (Wildman–Crippen MR) is 159 cm³/mol. The highest BCUT2D eigenvalue weighted by Crippen LogP contribution is 2.40. The predicted octanol–water partition coefficient (Wildman–Crippen LogP) is 11.7. The molecule has 36 heavy (non-hydrogen) atoms. The number of unbranched alkanes of at least 4 members (excludes halogenated alkanes) is 2. The molecule has 1 aromatic carbocycles. The minimum Gasteiger partial charge on any atom is -0.0654 e. The Bertz CT molecular complexity index is 677. The Morgan fingerprint density at radius 1 is 0.472 bits per heavy atom. The highest BCUT2D eigenvalue weighted by Gasteiger charge is 2.25. The van der Waals surface area contributed by atoms with E-state index in [1.807, 2.05) is 0 Å². The highest BCUT2D eigenvalue weighted by atomic mass is 14.3. The highest BCUT2D eigenvalue weighted by molar-refractivity contribution is 5.26. The van der Waals surface area contributed by atoms with E-state index in [-0.39, 0.29) is 0 Å². The van der Waals surface area contributed by atoms with Crippen LogP contribution in [0.2, 0.25) is 0 Å². The van der Waals surface area contributed by atoms with Gasteiger partial charge in [-0.1, -0.05) is 141 Å². The maximum atomic E-state index is 2.49. The average Bonchev–Trinajstić information content (AvgIpc) is 2.93. The molecule has 0 nitrogen and oxygen atoms in total. The van der Waals surface area contributed by atoms with Crippen LogP contribution in [0, 0.1) is 29.6 Å². The molecule has 0 spiro atoms. The quantitative estimate of drug-likeness (QED) is 0.240. The van der Waals surface area contributed by atoms with Crippen LogP contribution in [-0.2, 0) is 6.42 Å². The van der Waals surface area contributed by atoms with Gasteiger partial charge in [0.1, 0.15) is 0 Å². The zero-order valence-corrected chi connectivity index (χ0v) is 24.3. The van der Waals surface area contributed by atoms with Gasteiger partial charge in [-0.25, -0.2) is 0 Å². The van der Waals surface area contributed by atoms with Crippen molar-refractivity contribution in [1.82, 2.24) is 0 Å². The first-order chi connectivity index (χ1) is 17.7. The summed E-state index contributed by atoms with van der Waals surface area (Å²) in [5.41, 5.74) is 3.22. The number of aryl methyl sites for hydroxylation is 1. The standard InChI is InChI=1S/C36H60/c1-3-5-6-8-30-21-25-35(26-22-30)36-27-23-34(24-28-36)20-19-33-17-15-32(16-18-33)14-13-31-11-9-29(7-4-2)10-12-31/h23-24,27-33,35H,3-22,25-26H2,1-2H3. The summed E-state index contributed by atoms with van der Waals surface area (Å²) < 4.78 is 0. The van der Waals surface area contributed by atoms with E-state index >= 15 is 0 Å². The first-order valence-corrected chi connectivity index (χ1v) is 16.8. The van der Waals surface area contributed by atoms with Crippen LogP contribution >= 0.6 is 0 Å². The van der Waals surface area contributed by atoms with Gasteiger partial charge in [0.15, 0.2) is 0 Å². The van der Waals surface area contributed by atoms with Crippen molar-refractivity contribution in [3.05, 3.63) is 35.4 Å². The minimum atomic E-state index is 0.836. The fourth-order valence-corrected chi connectivity index (χ4v) is 8.29. The maximum absolute atomic E-state index is 2.49. The second-order valence-electron chi connectivity index (χ2n) is 13.6. The van der Waals surface area contributed by atoms with Gasteiger partial charge < -0.3 is 0 Å². The molecule has 1 aromatic rings. The Hall–Kier alpha value is -0.780. The SMILES string of the molecule is CCCCCC1CCC(c2ccc(CCC3CCC(CCC4CCC(CCC)CC4)CC3)cc2)CC1. The summed E-state index contributed by atoms with van der Waals surface area (Å²) in [6.07, 6.45) is 32.5. The summed E-state index contributed by atoms with van der Waals surface area (Å²) in [7, 11) is 0. The lowest BCUT2D eigenvalue weighted by Crippen LogP contribution is -2.18. The van der Waals surface area contributed by atoms with Crippen LogP contribution < -0.4 is 0 Å². The van der Waals surface area contributed by atoms with Crippen molar-refractivity contribution >= 4 is 0 Å². The van der Waals surface area contributed by atoms with Gasteiger partial charge in [-0.2, -0.15) is 0 Å². The Kier molecular flexibility index (Phi) is 12.2. The zero-order chi connectivity index (χ0) is 25.0. The van der Waals surface area contributed by atoms with Crippen molar-refractivity contribution < 1.29 is 0 Å². The third kappa shape index (κ3) is 9.20. The van der Waals surface area contributed by atoms with Crippen molar-refractivity contribution in [3.63, 3.8) is 0 Å². The summed E-state index contributed by atoms with van der Waals surface area (Å²) >= 11 is 0. The van der Waals surface area contributed by atoms with E-state index < -0.39 is 0 Å². The van der Waals surface area contributed by atoms with Crippen molar-refractivity contribution in [1.29, 1.82) is 0 Å². The molecule has 0 heteroatoms. The zero-order valence-electron chi connectivity index (χ0n) is 24.3. The summed E-state index contributed by atoms with van der Waals surface area (Å²) in [5, 5.41) is 0. The largest absolute Gasteiger partial charge is 0.0654 e. The number of rotatable bonds is 13. The lowest BCUT2D eigenvalue weighted by Gasteiger charge is -2.32. The van der Waals surface area contributed by atoms with E-state index in [2.05, 4.69) is 38.1 Å². The Labute approximate surface area is 225 Å². The van der Waals surface area contributed by atoms with E-state index in [1.165, 1.54) is 122 Å². The monoisotopic (exact) mass is 492 g/mol. The summed E-state index contributed by atoms with van der Waals surface area (Å²) in [6, 6.07) is 9.93. The van der Waals surface area contributed by atoms with Gasteiger partial charge in [0.2, 0.25) is 0 Å². The van der Waals surface area contributed by atoms with Gasteiger partial charge in [0.05, 0.1) is 0 Å². The fourth-order valence-electron chi connectivity index (χ4n) is 8.29. The van der Waals surface area contributed by atoms with Gasteiger partial charge in [0, 0.05) is 0 Å². The van der Waals surface area contributed by atoms with Crippen molar-refractivity contribution in [3.8, 4) is 0 Å². The van der Waals surface area contributed by atoms with Crippen LogP contribution in [0.1, 0.15) is 166 Å². The third-order valence-corrected chi connectivity index (χ3v) is 11.0. The molecule has 0 radical (unpaired) electrons. The van der Waals surface area contributed by atoms with E-state index in [0.717, 1.165) is 35.5 Å². The van der Waals surface area contributed by atoms with Crippen LogP contribution in [0.15, 0.2) is 24.3 Å². The summed E-state index contributed by atoms with van der Waals surface area (Å²) in [5.74, 6) is 6.04. The van der Waals surface area contributed by atoms with E-state index in [0.29, 0.717) is 0 Å². The number of benzene rings is 1. The molecule has 0 atom stereocenters. The van der Waals surface area contributed by atoms with Crippen LogP contribution in [0.3, 0.4) is 0 Å². The lowest BCUT2D eigenvalue weighted by atomic mass is 9.74. The second kappa shape index (κ2) is 15.6. The number of hydrogen-bond donors (Lipinski definition) is 0. The molecule has 3 fully saturated rings. The third-order valence-electron chi connectivity index (χ3n) is 11.0. The van der Waals surface area contributed by atoms with Gasteiger partial charge >= 0.3 is 0 Å². The molecular weight excluding hydrogens is 432 g/mol. The van der Waals surface area contributed by atoms with E-state index in [9.17, 15) is 0 Å². The van der Waals surface area contributed by atoms with Crippen molar-refractivity contribution in [2.24, 2.45) is 29.6 Å². The number of hydrogen-bond acceptors (Lipinski definition) is 0. The molecule has 0 unspecified atom stereocenters. The molecule has 0 aliphatic heterocycles. The summed E-state index contributed by atoms with van der Waals surface area (Å²) in [4.78, 5) is 0. The van der Waals surface area contributed by atoms with Crippen molar-refractivity contribution in [2.45, 2.75) is 161 Å². The van der Waals surface area contributed by atoms with Gasteiger partial charge in [0.25, 0.3) is 0 Å². The van der Waals surface area contributed by atoms with Crippen LogP contribution in [-0.4, -0.2) is 0 Å². The normalized spacial score (nSPS) is 31.4. The fraction of sp³-hybridized carbons (Fsp3) is 0.833. The molecule has 3 saturated carbocycles. The maximum Gasteiger partial charge on any atom is -0.0162 e. The smallest absolute Gasteiger partial charge is 0.0162 e. The van der Waals surface area contributed by atoms with E-state index in [1.54, 1.807) is 30.4 Å². The van der Waals surface area contributed by atoms with Gasteiger partial charge in [-0.3, -0.25) is 0 Å². The molecule has 0 aromatic heterocycles. The Morgan fingerprint density at radius 3 is 1.47 bits per heavy atom. The van der Waals surface area contributed by atoms with Crippen LogP contribution in [0.4, 0.5) is 0 Å². The molecule has 0 heterocycles. The minimum absolute atomic E-state index is 0.836. The molecule has 204 valence electrons. The summed E-state index contributed by atoms with van der Waals surface area (Å²) in [6.45, 7) is 4.69. The van der Waals surface area contributed by atoms with Crippen LogP contribution in [0.5, 0.6) is 0 Å². The Morgan fingerprint density at radius 2 is 0.944 bits per heavy atom. The molecule has 3 aliphatic carbocycles. The molecule has 4 rings (SSSR count). The molecule has 0 N–H and O–H groups in total. The molecular formula is C36H60. The van der Waals surface area contributed by atoms with E-state index in [4.69, 9.17) is 0 Å². The molecule has 0 saturated heterocycles.